The number of aromatic nitrogens is 3. The highest BCUT2D eigenvalue weighted by Gasteiger charge is 2.26. The van der Waals surface area contributed by atoms with Crippen LogP contribution in [0.1, 0.15) is 28.5 Å². The quantitative estimate of drug-likeness (QED) is 0.482. The Labute approximate surface area is 237 Å². The van der Waals surface area contributed by atoms with E-state index in [2.05, 4.69) is 72.8 Å². The number of benzene rings is 1. The van der Waals surface area contributed by atoms with Gasteiger partial charge in [0.1, 0.15) is 17.3 Å². The minimum absolute atomic E-state index is 0.0662. The van der Waals surface area contributed by atoms with Crippen molar-refractivity contribution in [1.82, 2.24) is 29.7 Å². The van der Waals surface area contributed by atoms with Crippen molar-refractivity contribution < 1.29 is 4.79 Å². The molecular weight excluding hydrogens is 502 g/mol. The first-order valence-electron chi connectivity index (χ1n) is 14.0. The Balaban J connectivity index is 1.33. The molecule has 0 bridgehead atoms. The van der Waals surface area contributed by atoms with Gasteiger partial charge in [-0.1, -0.05) is 18.2 Å². The number of nitrogen functional groups attached to an aromatic ring is 1. The van der Waals surface area contributed by atoms with Gasteiger partial charge in [0.2, 0.25) is 5.95 Å². The number of amides is 1. The molecule has 10 nitrogen and oxygen atoms in total. The highest BCUT2D eigenvalue weighted by molar-refractivity contribution is 5.92. The van der Waals surface area contributed by atoms with Gasteiger partial charge in [-0.25, -0.2) is 0 Å². The molecule has 0 radical (unpaired) electrons. The largest absolute Gasteiger partial charge is 0.368 e. The predicted molar refractivity (Wildman–Crippen MR) is 161 cm³/mol. The number of hydrogen-bond donors (Lipinski definition) is 1. The van der Waals surface area contributed by atoms with Gasteiger partial charge >= 0.3 is 0 Å². The van der Waals surface area contributed by atoms with E-state index < -0.39 is 0 Å². The maximum absolute atomic E-state index is 12.8. The van der Waals surface area contributed by atoms with E-state index in [0.717, 1.165) is 68.5 Å². The highest BCUT2D eigenvalue weighted by atomic mass is 16.2. The second-order valence-electron chi connectivity index (χ2n) is 11.4. The lowest BCUT2D eigenvalue weighted by Gasteiger charge is -2.37. The van der Waals surface area contributed by atoms with Gasteiger partial charge in [-0.05, 0) is 63.3 Å². The van der Waals surface area contributed by atoms with Crippen LogP contribution >= 0.6 is 0 Å². The number of hydrogen-bond acceptors (Lipinski definition) is 9. The summed E-state index contributed by atoms with van der Waals surface area (Å²) in [6, 6.07) is 12.8. The summed E-state index contributed by atoms with van der Waals surface area (Å²) >= 11 is 0. The number of piperazine rings is 1. The van der Waals surface area contributed by atoms with E-state index in [4.69, 9.17) is 5.73 Å². The van der Waals surface area contributed by atoms with Crippen LogP contribution in [0.4, 0.5) is 17.6 Å². The SMILES string of the molecule is CC1Cc2ccc(-c3ccc(C(=O)N(C)CCN(C)C)nc3)cc2CN1c1cc(N2CCN(C)CC2)nc(N)n1. The summed E-state index contributed by atoms with van der Waals surface area (Å²) in [6.45, 7) is 8.31. The first-order valence-corrected chi connectivity index (χ1v) is 14.0. The molecular formula is C30H41N9O. The first-order chi connectivity index (χ1) is 19.2. The average Bonchev–Trinajstić information content (AvgIpc) is 2.95. The second kappa shape index (κ2) is 11.8. The van der Waals surface area contributed by atoms with Crippen LogP contribution in [-0.2, 0) is 13.0 Å². The molecule has 1 unspecified atom stereocenters. The van der Waals surface area contributed by atoms with Gasteiger partial charge in [-0.15, -0.1) is 0 Å². The Hall–Kier alpha value is -3.76. The first kappa shape index (κ1) is 27.8. The fourth-order valence-electron chi connectivity index (χ4n) is 5.35. The maximum atomic E-state index is 12.8. The molecule has 0 spiro atoms. The van der Waals surface area contributed by atoms with E-state index in [9.17, 15) is 4.79 Å². The van der Waals surface area contributed by atoms with Crippen LogP contribution in [0.3, 0.4) is 0 Å². The molecule has 2 N–H and O–H groups in total. The molecule has 4 heterocycles. The third-order valence-corrected chi connectivity index (χ3v) is 7.98. The summed E-state index contributed by atoms with van der Waals surface area (Å²) in [7, 11) is 7.96. The fraction of sp³-hybridized carbons (Fsp3) is 0.467. The molecule has 5 rings (SSSR count). The monoisotopic (exact) mass is 543 g/mol. The van der Waals surface area contributed by atoms with Crippen molar-refractivity contribution in [2.24, 2.45) is 0 Å². The Morgan fingerprint density at radius 1 is 0.950 bits per heavy atom. The summed E-state index contributed by atoms with van der Waals surface area (Å²) < 4.78 is 0. The lowest BCUT2D eigenvalue weighted by molar-refractivity contribution is 0.0780. The maximum Gasteiger partial charge on any atom is 0.272 e. The van der Waals surface area contributed by atoms with Gasteiger partial charge in [0, 0.05) is 76.7 Å². The molecule has 0 aliphatic carbocycles. The molecule has 2 aliphatic rings. The molecule has 1 aromatic carbocycles. The molecule has 1 amide bonds. The topological polar surface area (TPSA) is 98.0 Å². The van der Waals surface area contributed by atoms with E-state index in [1.54, 1.807) is 11.1 Å². The van der Waals surface area contributed by atoms with Gasteiger partial charge in [0.05, 0.1) is 0 Å². The molecule has 3 aromatic rings. The van der Waals surface area contributed by atoms with Crippen LogP contribution in [0, 0.1) is 0 Å². The molecule has 1 saturated heterocycles. The third-order valence-electron chi connectivity index (χ3n) is 7.98. The van der Waals surface area contributed by atoms with Crippen molar-refractivity contribution >= 4 is 23.5 Å². The predicted octanol–water partition coefficient (Wildman–Crippen LogP) is 2.46. The Kier molecular flexibility index (Phi) is 8.18. The average molecular weight is 544 g/mol. The lowest BCUT2D eigenvalue weighted by atomic mass is 9.92. The van der Waals surface area contributed by atoms with Crippen molar-refractivity contribution in [2.45, 2.75) is 25.9 Å². The molecule has 10 heteroatoms. The standard InChI is InChI=1S/C30H41N9O/c1-21-16-22-6-7-23(24-8-9-26(32-19-24)29(40)37(5)13-10-35(2)3)17-25(22)20-39(21)28-18-27(33-30(31)34-28)38-14-11-36(4)12-15-38/h6-9,17-19,21H,10-16,20H2,1-5H3,(H2,31,33,34). The number of rotatable bonds is 7. The van der Waals surface area contributed by atoms with Gasteiger partial charge in [-0.2, -0.15) is 9.97 Å². The normalized spacial score (nSPS) is 17.7. The summed E-state index contributed by atoms with van der Waals surface area (Å²) in [5, 5.41) is 0. The summed E-state index contributed by atoms with van der Waals surface area (Å²) in [5.41, 5.74) is 11.3. The van der Waals surface area contributed by atoms with E-state index in [1.807, 2.05) is 33.3 Å². The Morgan fingerprint density at radius 2 is 1.68 bits per heavy atom. The van der Waals surface area contributed by atoms with Crippen LogP contribution in [-0.4, -0.2) is 109 Å². The van der Waals surface area contributed by atoms with Crippen molar-refractivity contribution in [3.8, 4) is 11.1 Å². The van der Waals surface area contributed by atoms with Crippen molar-refractivity contribution in [3.63, 3.8) is 0 Å². The molecule has 1 atom stereocenters. The summed E-state index contributed by atoms with van der Waals surface area (Å²) in [6.07, 6.45) is 2.72. The zero-order chi connectivity index (χ0) is 28.4. The minimum Gasteiger partial charge on any atom is -0.368 e. The zero-order valence-electron chi connectivity index (χ0n) is 24.3. The number of likely N-dealkylation sites (N-methyl/N-ethyl adjacent to an activating group) is 3. The van der Waals surface area contributed by atoms with E-state index >= 15 is 0 Å². The number of carbonyl (C=O) groups is 1. The number of pyridine rings is 1. The van der Waals surface area contributed by atoms with Crippen molar-refractivity contribution in [1.29, 1.82) is 0 Å². The zero-order valence-corrected chi connectivity index (χ0v) is 24.3. The van der Waals surface area contributed by atoms with Crippen molar-refractivity contribution in [2.75, 3.05) is 83.0 Å². The Morgan fingerprint density at radius 3 is 2.38 bits per heavy atom. The number of fused-ring (bicyclic) bond motifs is 1. The number of carbonyl (C=O) groups excluding carboxylic acids is 1. The molecule has 2 aromatic heterocycles. The van der Waals surface area contributed by atoms with Crippen LogP contribution in [0.25, 0.3) is 11.1 Å². The molecule has 212 valence electrons. The van der Waals surface area contributed by atoms with Crippen LogP contribution in [0.5, 0.6) is 0 Å². The van der Waals surface area contributed by atoms with E-state index in [1.165, 1.54) is 11.1 Å². The van der Waals surface area contributed by atoms with Crippen molar-refractivity contribution in [3.05, 3.63) is 59.4 Å². The highest BCUT2D eigenvalue weighted by Crippen LogP contribution is 2.32. The summed E-state index contributed by atoms with van der Waals surface area (Å²) in [5.74, 6) is 2.01. The second-order valence-corrected chi connectivity index (χ2v) is 11.4. The number of anilines is 3. The van der Waals surface area contributed by atoms with Gasteiger partial charge in [0.15, 0.2) is 0 Å². The van der Waals surface area contributed by atoms with Crippen LogP contribution in [0.15, 0.2) is 42.6 Å². The Bertz CT molecular complexity index is 1340. The lowest BCUT2D eigenvalue weighted by Crippen LogP contribution is -2.45. The molecule has 0 saturated carbocycles. The number of nitrogens with two attached hydrogens (primary N) is 1. The smallest absolute Gasteiger partial charge is 0.272 e. The van der Waals surface area contributed by atoms with Gasteiger partial charge < -0.3 is 30.2 Å². The number of nitrogens with zero attached hydrogens (tertiary/aromatic N) is 8. The molecule has 1 fully saturated rings. The summed E-state index contributed by atoms with van der Waals surface area (Å²) in [4.78, 5) is 37.2. The third kappa shape index (κ3) is 6.18. The molecule has 40 heavy (non-hydrogen) atoms. The van der Waals surface area contributed by atoms with E-state index in [0.29, 0.717) is 18.2 Å². The fourth-order valence-corrected chi connectivity index (χ4v) is 5.35. The van der Waals surface area contributed by atoms with E-state index in [-0.39, 0.29) is 11.9 Å². The van der Waals surface area contributed by atoms with Crippen LogP contribution < -0.4 is 15.5 Å². The molecule has 2 aliphatic heterocycles. The van der Waals surface area contributed by atoms with Gasteiger partial charge in [-0.3, -0.25) is 9.78 Å². The van der Waals surface area contributed by atoms with Crippen LogP contribution in [0.2, 0.25) is 0 Å². The van der Waals surface area contributed by atoms with Gasteiger partial charge in [0.25, 0.3) is 5.91 Å². The minimum atomic E-state index is -0.0662.